The number of carbonyl (C=O) groups excluding carboxylic acids is 1. The number of ether oxygens (including phenoxy) is 1. The fourth-order valence-electron chi connectivity index (χ4n) is 4.39. The highest BCUT2D eigenvalue weighted by Gasteiger charge is 2.53. The molecule has 0 aromatic heterocycles. The van der Waals surface area contributed by atoms with E-state index in [1.54, 1.807) is 0 Å². The van der Waals surface area contributed by atoms with Crippen LogP contribution in [0.25, 0.3) is 0 Å². The summed E-state index contributed by atoms with van der Waals surface area (Å²) in [5.41, 5.74) is 1.49. The Kier molecular flexibility index (Phi) is 2.17. The van der Waals surface area contributed by atoms with Gasteiger partial charge in [0.15, 0.2) is 0 Å². The summed E-state index contributed by atoms with van der Waals surface area (Å²) >= 11 is 0. The fraction of sp³-hybridized carbons (Fsp3) is 0.786. The van der Waals surface area contributed by atoms with Gasteiger partial charge in [0.25, 0.3) is 0 Å². The molecular formula is C14H20O2. The second-order valence-corrected chi connectivity index (χ2v) is 6.20. The Morgan fingerprint density at radius 2 is 2.25 bits per heavy atom. The molecule has 88 valence electrons. The van der Waals surface area contributed by atoms with Crippen LogP contribution in [-0.2, 0) is 9.53 Å². The van der Waals surface area contributed by atoms with E-state index < -0.39 is 0 Å². The monoisotopic (exact) mass is 220 g/mol. The molecule has 0 N–H and O–H groups in total. The molecule has 3 aliphatic rings. The minimum Gasteiger partial charge on any atom is -0.462 e. The lowest BCUT2D eigenvalue weighted by Gasteiger charge is -2.54. The molecule has 0 amide bonds. The lowest BCUT2D eigenvalue weighted by molar-refractivity contribution is -0.182. The molecular weight excluding hydrogens is 200 g/mol. The Morgan fingerprint density at radius 3 is 3.06 bits per heavy atom. The maximum absolute atomic E-state index is 11.7. The van der Waals surface area contributed by atoms with Crippen LogP contribution in [0.5, 0.6) is 0 Å². The molecule has 3 fully saturated rings. The second kappa shape index (κ2) is 3.35. The van der Waals surface area contributed by atoms with E-state index >= 15 is 0 Å². The largest absolute Gasteiger partial charge is 0.462 e. The van der Waals surface area contributed by atoms with Gasteiger partial charge in [-0.05, 0) is 30.6 Å². The number of rotatable bonds is 0. The van der Waals surface area contributed by atoms with E-state index in [4.69, 9.17) is 4.74 Å². The third-order valence-electron chi connectivity index (χ3n) is 4.91. The van der Waals surface area contributed by atoms with E-state index in [0.717, 1.165) is 18.8 Å². The van der Waals surface area contributed by atoms with Crippen LogP contribution in [0, 0.1) is 17.3 Å². The van der Waals surface area contributed by atoms with E-state index in [-0.39, 0.29) is 17.5 Å². The maximum Gasteiger partial charge on any atom is 0.306 e. The van der Waals surface area contributed by atoms with E-state index in [1.807, 2.05) is 0 Å². The first-order chi connectivity index (χ1) is 7.58. The number of carbonyl (C=O) groups is 1. The zero-order valence-electron chi connectivity index (χ0n) is 10.00. The summed E-state index contributed by atoms with van der Waals surface area (Å²) in [6.07, 6.45) is 6.61. The number of hydrogen-bond acceptors (Lipinski definition) is 2. The molecule has 0 radical (unpaired) electrons. The average molecular weight is 220 g/mol. The third-order valence-corrected chi connectivity index (χ3v) is 4.91. The first kappa shape index (κ1) is 10.4. The number of esters is 1. The molecule has 0 aromatic rings. The van der Waals surface area contributed by atoms with E-state index in [9.17, 15) is 4.79 Å². The van der Waals surface area contributed by atoms with Gasteiger partial charge < -0.3 is 4.74 Å². The Balaban J connectivity index is 1.96. The molecule has 0 aromatic carbocycles. The molecule has 2 aliphatic carbocycles. The van der Waals surface area contributed by atoms with E-state index in [1.165, 1.54) is 24.8 Å². The molecule has 2 nitrogen and oxygen atoms in total. The Hall–Kier alpha value is -0.790. The molecule has 2 heteroatoms. The summed E-state index contributed by atoms with van der Waals surface area (Å²) in [6.45, 7) is 6.41. The van der Waals surface area contributed by atoms with Crippen molar-refractivity contribution in [3.8, 4) is 0 Å². The van der Waals surface area contributed by atoms with Crippen molar-refractivity contribution < 1.29 is 9.53 Å². The van der Waals surface area contributed by atoms with Crippen molar-refractivity contribution in [3.05, 3.63) is 12.2 Å². The average Bonchev–Trinajstić information content (AvgIpc) is 2.14. The normalized spacial score (nSPS) is 47.2. The second-order valence-electron chi connectivity index (χ2n) is 6.20. The van der Waals surface area contributed by atoms with Crippen LogP contribution in [0.1, 0.15) is 45.4 Å². The molecule has 1 aliphatic heterocycles. The first-order valence-corrected chi connectivity index (χ1v) is 6.45. The first-order valence-electron chi connectivity index (χ1n) is 6.45. The highest BCUT2D eigenvalue weighted by atomic mass is 16.5. The van der Waals surface area contributed by atoms with Gasteiger partial charge in [-0.3, -0.25) is 4.79 Å². The molecule has 0 spiro atoms. The molecule has 4 atom stereocenters. The van der Waals surface area contributed by atoms with Crippen LogP contribution >= 0.6 is 0 Å². The quantitative estimate of drug-likeness (QED) is 0.463. The third kappa shape index (κ3) is 1.42. The molecule has 3 rings (SSSR count). The Labute approximate surface area is 97.1 Å². The van der Waals surface area contributed by atoms with Gasteiger partial charge in [-0.1, -0.05) is 25.5 Å². The minimum atomic E-state index is 0.0131. The van der Waals surface area contributed by atoms with Crippen LogP contribution < -0.4 is 0 Å². The van der Waals surface area contributed by atoms with Gasteiger partial charge in [0.05, 0.1) is 6.42 Å². The highest BCUT2D eigenvalue weighted by molar-refractivity contribution is 5.71. The van der Waals surface area contributed by atoms with Gasteiger partial charge in [0, 0.05) is 12.3 Å². The molecule has 1 heterocycles. The van der Waals surface area contributed by atoms with Crippen molar-refractivity contribution in [3.63, 3.8) is 0 Å². The molecule has 3 unspecified atom stereocenters. The van der Waals surface area contributed by atoms with Gasteiger partial charge in [0.2, 0.25) is 0 Å². The summed E-state index contributed by atoms with van der Waals surface area (Å²) < 4.78 is 5.56. The van der Waals surface area contributed by atoms with Gasteiger partial charge in [0.1, 0.15) is 6.10 Å². The SMILES string of the molecule is C=C1CC2OC(=O)CC3(C)CCC[C@H](C1)C23. The van der Waals surface area contributed by atoms with Crippen molar-refractivity contribution in [2.75, 3.05) is 0 Å². The number of hydrogen-bond donors (Lipinski definition) is 0. The molecule has 16 heavy (non-hydrogen) atoms. The summed E-state index contributed by atoms with van der Waals surface area (Å²) in [4.78, 5) is 11.7. The lowest BCUT2D eigenvalue weighted by atomic mass is 9.54. The lowest BCUT2D eigenvalue weighted by Crippen LogP contribution is -2.53. The Bertz CT molecular complexity index is 345. The summed E-state index contributed by atoms with van der Waals surface area (Å²) in [5.74, 6) is 1.33. The summed E-state index contributed by atoms with van der Waals surface area (Å²) in [5, 5.41) is 0. The fourth-order valence-corrected chi connectivity index (χ4v) is 4.39. The predicted octanol–water partition coefficient (Wildman–Crippen LogP) is 3.07. The van der Waals surface area contributed by atoms with Crippen molar-refractivity contribution in [2.24, 2.45) is 17.3 Å². The van der Waals surface area contributed by atoms with E-state index in [0.29, 0.717) is 12.3 Å². The zero-order chi connectivity index (χ0) is 11.3. The topological polar surface area (TPSA) is 26.3 Å². The van der Waals surface area contributed by atoms with Crippen LogP contribution in [0.15, 0.2) is 12.2 Å². The standard InChI is InChI=1S/C14H20O2/c1-9-6-10-4-3-5-14(2)8-12(15)16-11(7-9)13(10)14/h10-11,13H,1,3-8H2,2H3/t10-,11?,13?,14?/m1/s1. The van der Waals surface area contributed by atoms with Crippen LogP contribution in [0.3, 0.4) is 0 Å². The van der Waals surface area contributed by atoms with Gasteiger partial charge in [-0.25, -0.2) is 0 Å². The zero-order valence-corrected chi connectivity index (χ0v) is 10.00. The predicted molar refractivity (Wildman–Crippen MR) is 61.8 cm³/mol. The van der Waals surface area contributed by atoms with Crippen LogP contribution in [0.2, 0.25) is 0 Å². The van der Waals surface area contributed by atoms with Crippen molar-refractivity contribution >= 4 is 5.97 Å². The van der Waals surface area contributed by atoms with Crippen LogP contribution in [0.4, 0.5) is 0 Å². The van der Waals surface area contributed by atoms with E-state index in [2.05, 4.69) is 13.5 Å². The molecule has 0 bridgehead atoms. The maximum atomic E-state index is 11.7. The van der Waals surface area contributed by atoms with Gasteiger partial charge in [-0.15, -0.1) is 0 Å². The van der Waals surface area contributed by atoms with Crippen molar-refractivity contribution in [1.82, 2.24) is 0 Å². The summed E-state index contributed by atoms with van der Waals surface area (Å²) in [6, 6.07) is 0. The molecule has 2 saturated carbocycles. The van der Waals surface area contributed by atoms with Gasteiger partial charge >= 0.3 is 5.97 Å². The van der Waals surface area contributed by atoms with Crippen molar-refractivity contribution in [2.45, 2.75) is 51.6 Å². The highest BCUT2D eigenvalue weighted by Crippen LogP contribution is 2.56. The smallest absolute Gasteiger partial charge is 0.306 e. The van der Waals surface area contributed by atoms with Gasteiger partial charge in [-0.2, -0.15) is 0 Å². The minimum absolute atomic E-state index is 0.0131. The molecule has 1 saturated heterocycles. The van der Waals surface area contributed by atoms with Crippen molar-refractivity contribution in [1.29, 1.82) is 0 Å². The Morgan fingerprint density at radius 1 is 1.44 bits per heavy atom. The summed E-state index contributed by atoms with van der Waals surface area (Å²) in [7, 11) is 0. The van der Waals surface area contributed by atoms with Crippen LogP contribution in [-0.4, -0.2) is 12.1 Å².